The van der Waals surface area contributed by atoms with Crippen LogP contribution in [0.2, 0.25) is 0 Å². The van der Waals surface area contributed by atoms with Gasteiger partial charge in [0.25, 0.3) is 0 Å². The summed E-state index contributed by atoms with van der Waals surface area (Å²) in [5.74, 6) is 0.278. The van der Waals surface area contributed by atoms with Crippen molar-refractivity contribution in [3.63, 3.8) is 0 Å². The molecule has 2 unspecified atom stereocenters. The first kappa shape index (κ1) is 17.0. The third-order valence-corrected chi connectivity index (χ3v) is 4.23. The first-order chi connectivity index (χ1) is 9.45. The Bertz CT molecular complexity index is 327. The number of rotatable bonds is 6. The van der Waals surface area contributed by atoms with Crippen molar-refractivity contribution in [2.75, 3.05) is 13.6 Å². The molecule has 1 aliphatic rings. The molecule has 0 aliphatic heterocycles. The zero-order chi connectivity index (χ0) is 15.1. The lowest BCUT2D eigenvalue weighted by atomic mass is 9.85. The van der Waals surface area contributed by atoms with Gasteiger partial charge < -0.3 is 16.0 Å². The fourth-order valence-electron chi connectivity index (χ4n) is 2.76. The van der Waals surface area contributed by atoms with Crippen LogP contribution in [0.25, 0.3) is 0 Å². The highest BCUT2D eigenvalue weighted by atomic mass is 16.2. The van der Waals surface area contributed by atoms with Crippen LogP contribution in [-0.4, -0.2) is 42.4 Å². The Morgan fingerprint density at radius 2 is 1.90 bits per heavy atom. The molecule has 0 heterocycles. The van der Waals surface area contributed by atoms with Crippen LogP contribution in [0.4, 0.5) is 0 Å². The summed E-state index contributed by atoms with van der Waals surface area (Å²) in [7, 11) is 1.73. The van der Waals surface area contributed by atoms with Gasteiger partial charge in [0.2, 0.25) is 11.8 Å². The van der Waals surface area contributed by atoms with Crippen molar-refractivity contribution < 1.29 is 9.59 Å². The Balaban J connectivity index is 2.38. The van der Waals surface area contributed by atoms with E-state index in [0.717, 1.165) is 6.42 Å². The van der Waals surface area contributed by atoms with E-state index in [2.05, 4.69) is 5.32 Å². The monoisotopic (exact) mass is 283 g/mol. The van der Waals surface area contributed by atoms with Gasteiger partial charge in [-0.15, -0.1) is 0 Å². The zero-order valence-corrected chi connectivity index (χ0v) is 13.0. The van der Waals surface area contributed by atoms with Crippen molar-refractivity contribution in [1.82, 2.24) is 10.2 Å². The highest BCUT2D eigenvalue weighted by Gasteiger charge is 2.24. The summed E-state index contributed by atoms with van der Waals surface area (Å²) in [4.78, 5) is 25.5. The van der Waals surface area contributed by atoms with E-state index >= 15 is 0 Å². The third kappa shape index (κ3) is 5.12. The fraction of sp³-hybridized carbons (Fsp3) is 0.867. The molecule has 0 bridgehead atoms. The number of nitrogens with zero attached hydrogens (tertiary/aromatic N) is 1. The molecule has 0 aromatic carbocycles. The summed E-state index contributed by atoms with van der Waals surface area (Å²) in [6, 6.07) is -1.01. The van der Waals surface area contributed by atoms with Gasteiger partial charge in [0.1, 0.15) is 6.04 Å². The Kier molecular flexibility index (Phi) is 6.99. The van der Waals surface area contributed by atoms with Gasteiger partial charge in [0, 0.05) is 13.6 Å². The molecule has 0 spiro atoms. The van der Waals surface area contributed by atoms with Crippen LogP contribution >= 0.6 is 0 Å². The summed E-state index contributed by atoms with van der Waals surface area (Å²) in [6.07, 6.45) is 6.87. The largest absolute Gasteiger partial charge is 0.344 e. The van der Waals surface area contributed by atoms with Crippen LogP contribution in [-0.2, 0) is 9.59 Å². The number of hydrogen-bond donors (Lipinski definition) is 2. The van der Waals surface area contributed by atoms with Gasteiger partial charge >= 0.3 is 0 Å². The van der Waals surface area contributed by atoms with Gasteiger partial charge in [-0.1, -0.05) is 32.1 Å². The van der Waals surface area contributed by atoms with Crippen LogP contribution < -0.4 is 11.1 Å². The molecular formula is C15H29N3O2. The molecule has 3 N–H and O–H groups in total. The number of likely N-dealkylation sites (N-methyl/N-ethyl adjacent to an activating group) is 1. The second-order valence-electron chi connectivity index (χ2n) is 5.93. The number of nitrogens with two attached hydrogens (primary N) is 1. The minimum Gasteiger partial charge on any atom is -0.344 e. The van der Waals surface area contributed by atoms with Gasteiger partial charge in [0.05, 0.1) is 6.04 Å². The van der Waals surface area contributed by atoms with E-state index in [1.165, 1.54) is 32.1 Å². The van der Waals surface area contributed by atoms with Crippen molar-refractivity contribution in [3.8, 4) is 0 Å². The van der Waals surface area contributed by atoms with E-state index in [1.54, 1.807) is 18.9 Å². The number of amides is 2. The average molecular weight is 283 g/mol. The summed E-state index contributed by atoms with van der Waals surface area (Å²) < 4.78 is 0. The average Bonchev–Trinajstić information content (AvgIpc) is 2.46. The molecule has 0 radical (unpaired) electrons. The maximum absolute atomic E-state index is 12.0. The van der Waals surface area contributed by atoms with Gasteiger partial charge in [-0.2, -0.15) is 0 Å². The van der Waals surface area contributed by atoms with Gasteiger partial charge in [-0.25, -0.2) is 0 Å². The molecule has 0 aromatic heterocycles. The maximum atomic E-state index is 12.0. The topological polar surface area (TPSA) is 75.4 Å². The minimum atomic E-state index is -0.509. The Morgan fingerprint density at radius 3 is 2.45 bits per heavy atom. The number of nitrogens with one attached hydrogen (secondary N) is 1. The number of carbonyl (C=O) groups is 2. The highest BCUT2D eigenvalue weighted by Crippen LogP contribution is 2.26. The Hall–Kier alpha value is -1.10. The minimum absolute atomic E-state index is 0.0780. The van der Waals surface area contributed by atoms with Crippen LogP contribution in [0, 0.1) is 5.92 Å². The second kappa shape index (κ2) is 8.25. The number of hydrogen-bond acceptors (Lipinski definition) is 3. The first-order valence-corrected chi connectivity index (χ1v) is 7.76. The predicted octanol–water partition coefficient (Wildman–Crippen LogP) is 1.27. The second-order valence-corrected chi connectivity index (χ2v) is 5.93. The summed E-state index contributed by atoms with van der Waals surface area (Å²) >= 11 is 0. The Labute approximate surface area is 122 Å². The van der Waals surface area contributed by atoms with Gasteiger partial charge in [-0.3, -0.25) is 9.59 Å². The standard InChI is InChI=1S/C15H29N3O2/c1-4-18(3)15(20)11(2)17-14(19)13(16)10-12-8-6-5-7-9-12/h11-13H,4-10,16H2,1-3H3,(H,17,19). The molecule has 0 saturated heterocycles. The van der Waals surface area contributed by atoms with Crippen molar-refractivity contribution in [2.24, 2.45) is 11.7 Å². The lowest BCUT2D eigenvalue weighted by Crippen LogP contribution is -2.51. The maximum Gasteiger partial charge on any atom is 0.244 e. The predicted molar refractivity (Wildman–Crippen MR) is 80.1 cm³/mol. The summed E-state index contributed by atoms with van der Waals surface area (Å²) in [6.45, 7) is 4.24. The lowest BCUT2D eigenvalue weighted by Gasteiger charge is -2.25. The molecule has 116 valence electrons. The van der Waals surface area contributed by atoms with Crippen molar-refractivity contribution >= 4 is 11.8 Å². The first-order valence-electron chi connectivity index (χ1n) is 7.76. The number of carbonyl (C=O) groups excluding carboxylic acids is 2. The third-order valence-electron chi connectivity index (χ3n) is 4.23. The van der Waals surface area contributed by atoms with E-state index in [-0.39, 0.29) is 11.8 Å². The zero-order valence-electron chi connectivity index (χ0n) is 13.0. The molecule has 5 nitrogen and oxygen atoms in total. The van der Waals surface area contributed by atoms with Gasteiger partial charge in [0.15, 0.2) is 0 Å². The lowest BCUT2D eigenvalue weighted by molar-refractivity contribution is -0.135. The van der Waals surface area contributed by atoms with Crippen molar-refractivity contribution in [2.45, 2.75) is 64.5 Å². The SMILES string of the molecule is CCN(C)C(=O)C(C)NC(=O)C(N)CC1CCCCC1. The smallest absolute Gasteiger partial charge is 0.244 e. The van der Waals surface area contributed by atoms with Gasteiger partial charge in [-0.05, 0) is 26.2 Å². The molecule has 1 rings (SSSR count). The van der Waals surface area contributed by atoms with Crippen molar-refractivity contribution in [3.05, 3.63) is 0 Å². The van der Waals surface area contributed by atoms with Crippen molar-refractivity contribution in [1.29, 1.82) is 0 Å². The fourth-order valence-corrected chi connectivity index (χ4v) is 2.76. The summed E-state index contributed by atoms with van der Waals surface area (Å²) in [5, 5.41) is 2.73. The van der Waals surface area contributed by atoms with Crippen LogP contribution in [0.15, 0.2) is 0 Å². The van der Waals surface area contributed by atoms with E-state index in [4.69, 9.17) is 5.73 Å². The van der Waals surface area contributed by atoms with E-state index in [9.17, 15) is 9.59 Å². The van der Waals surface area contributed by atoms with E-state index < -0.39 is 12.1 Å². The van der Waals surface area contributed by atoms with E-state index in [0.29, 0.717) is 12.5 Å². The molecule has 1 aliphatic carbocycles. The molecular weight excluding hydrogens is 254 g/mol. The molecule has 20 heavy (non-hydrogen) atoms. The molecule has 0 aromatic rings. The Morgan fingerprint density at radius 1 is 1.30 bits per heavy atom. The van der Waals surface area contributed by atoms with Crippen LogP contribution in [0.3, 0.4) is 0 Å². The molecule has 1 fully saturated rings. The normalized spacial score (nSPS) is 19.2. The molecule has 2 amide bonds. The van der Waals surface area contributed by atoms with Crippen LogP contribution in [0.1, 0.15) is 52.4 Å². The molecule has 1 saturated carbocycles. The van der Waals surface area contributed by atoms with Crippen LogP contribution in [0.5, 0.6) is 0 Å². The molecule has 2 atom stereocenters. The quantitative estimate of drug-likeness (QED) is 0.770. The highest BCUT2D eigenvalue weighted by molar-refractivity contribution is 5.89. The summed E-state index contributed by atoms with van der Waals surface area (Å²) in [5.41, 5.74) is 5.97. The molecule has 5 heteroatoms. The van der Waals surface area contributed by atoms with E-state index in [1.807, 2.05) is 6.92 Å².